The summed E-state index contributed by atoms with van der Waals surface area (Å²) in [6.45, 7) is 3.22. The van der Waals surface area contributed by atoms with E-state index < -0.39 is 0 Å². The topological polar surface area (TPSA) is 30.5 Å². The molecule has 1 unspecified atom stereocenters. The predicted molar refractivity (Wildman–Crippen MR) is 64.3 cm³/mol. The van der Waals surface area contributed by atoms with Crippen LogP contribution in [0.25, 0.3) is 0 Å². The van der Waals surface area contributed by atoms with Crippen molar-refractivity contribution in [1.29, 1.82) is 0 Å². The zero-order valence-corrected chi connectivity index (χ0v) is 10.2. The molecule has 1 aliphatic heterocycles. The smallest absolute Gasteiger partial charge is 0.127 e. The summed E-state index contributed by atoms with van der Waals surface area (Å²) in [6.07, 6.45) is 2.12. The quantitative estimate of drug-likeness (QED) is 0.849. The van der Waals surface area contributed by atoms with Crippen LogP contribution in [0.15, 0.2) is 12.1 Å². The van der Waals surface area contributed by atoms with Gasteiger partial charge in [0.1, 0.15) is 11.5 Å². The van der Waals surface area contributed by atoms with Gasteiger partial charge in [0.25, 0.3) is 0 Å². The van der Waals surface area contributed by atoms with E-state index in [4.69, 9.17) is 9.47 Å². The van der Waals surface area contributed by atoms with Gasteiger partial charge < -0.3 is 14.8 Å². The maximum atomic E-state index is 5.47. The van der Waals surface area contributed by atoms with E-state index in [2.05, 4.69) is 18.3 Å². The Morgan fingerprint density at radius 3 is 2.75 bits per heavy atom. The number of benzene rings is 1. The predicted octanol–water partition coefficient (Wildman–Crippen LogP) is 2.30. The van der Waals surface area contributed by atoms with E-state index in [1.165, 1.54) is 11.1 Å². The average Bonchev–Trinajstić information content (AvgIpc) is 2.36. The van der Waals surface area contributed by atoms with E-state index in [1.807, 2.05) is 6.07 Å². The summed E-state index contributed by atoms with van der Waals surface area (Å²) in [7, 11) is 3.41. The molecular weight excluding hydrogens is 202 g/mol. The van der Waals surface area contributed by atoms with Gasteiger partial charge in [0.2, 0.25) is 0 Å². The second-order valence-corrected chi connectivity index (χ2v) is 4.07. The van der Waals surface area contributed by atoms with Gasteiger partial charge in [-0.3, -0.25) is 0 Å². The monoisotopic (exact) mass is 221 g/mol. The second kappa shape index (κ2) is 4.74. The lowest BCUT2D eigenvalue weighted by Gasteiger charge is -2.28. The van der Waals surface area contributed by atoms with E-state index >= 15 is 0 Å². The van der Waals surface area contributed by atoms with Crippen LogP contribution in [0, 0.1) is 0 Å². The van der Waals surface area contributed by atoms with Crippen LogP contribution in [-0.4, -0.2) is 20.8 Å². The minimum absolute atomic E-state index is 0.407. The van der Waals surface area contributed by atoms with E-state index in [0.29, 0.717) is 6.04 Å². The van der Waals surface area contributed by atoms with E-state index in [1.54, 1.807) is 14.2 Å². The minimum atomic E-state index is 0.407. The Kier molecular flexibility index (Phi) is 3.34. The van der Waals surface area contributed by atoms with E-state index in [-0.39, 0.29) is 0 Å². The summed E-state index contributed by atoms with van der Waals surface area (Å²) in [6, 6.07) is 4.50. The number of methoxy groups -OCH3 is 2. The van der Waals surface area contributed by atoms with Gasteiger partial charge in [0.05, 0.1) is 14.2 Å². The average molecular weight is 221 g/mol. The molecule has 1 atom stereocenters. The zero-order valence-electron chi connectivity index (χ0n) is 10.2. The summed E-state index contributed by atoms with van der Waals surface area (Å²) < 4.78 is 10.8. The molecule has 1 aromatic carbocycles. The Morgan fingerprint density at radius 2 is 2.12 bits per heavy atom. The summed E-state index contributed by atoms with van der Waals surface area (Å²) >= 11 is 0. The number of nitrogens with one attached hydrogen (secondary N) is 1. The number of fused-ring (bicyclic) bond motifs is 1. The van der Waals surface area contributed by atoms with Gasteiger partial charge in [0, 0.05) is 17.7 Å². The summed E-state index contributed by atoms with van der Waals surface area (Å²) in [5.74, 6) is 1.82. The molecule has 1 N–H and O–H groups in total. The van der Waals surface area contributed by atoms with Crippen LogP contribution in [0.1, 0.15) is 30.5 Å². The molecule has 2 rings (SSSR count). The zero-order chi connectivity index (χ0) is 11.5. The first-order valence-corrected chi connectivity index (χ1v) is 5.78. The molecule has 1 heterocycles. The van der Waals surface area contributed by atoms with Crippen molar-refractivity contribution in [2.45, 2.75) is 25.8 Å². The standard InChI is InChI=1S/C13H19NO2/c1-4-11-13-9(5-6-14-11)7-10(15-2)8-12(13)16-3/h7-8,11,14H,4-6H2,1-3H3. The number of ether oxygens (including phenoxy) is 2. The molecule has 0 spiro atoms. The Balaban J connectivity index is 2.50. The fourth-order valence-corrected chi connectivity index (χ4v) is 2.38. The third-order valence-electron chi connectivity index (χ3n) is 3.20. The normalized spacial score (nSPS) is 19.1. The molecular formula is C13H19NO2. The summed E-state index contributed by atoms with van der Waals surface area (Å²) in [4.78, 5) is 0. The largest absolute Gasteiger partial charge is 0.497 e. The van der Waals surface area contributed by atoms with Gasteiger partial charge in [-0.25, -0.2) is 0 Å². The SMILES string of the molecule is CCC1NCCc2cc(OC)cc(OC)c21. The van der Waals surface area contributed by atoms with Crippen LogP contribution in [0.3, 0.4) is 0 Å². The molecule has 88 valence electrons. The molecule has 0 aliphatic carbocycles. The van der Waals surface area contributed by atoms with Crippen molar-refractivity contribution in [2.24, 2.45) is 0 Å². The first kappa shape index (κ1) is 11.3. The van der Waals surface area contributed by atoms with Crippen LogP contribution in [0.2, 0.25) is 0 Å². The lowest BCUT2D eigenvalue weighted by Crippen LogP contribution is -2.29. The van der Waals surface area contributed by atoms with E-state index in [0.717, 1.165) is 30.9 Å². The molecule has 1 aliphatic rings. The fraction of sp³-hybridized carbons (Fsp3) is 0.538. The third kappa shape index (κ3) is 1.87. The van der Waals surface area contributed by atoms with E-state index in [9.17, 15) is 0 Å². The molecule has 3 nitrogen and oxygen atoms in total. The Labute approximate surface area is 96.8 Å². The third-order valence-corrected chi connectivity index (χ3v) is 3.20. The van der Waals surface area contributed by atoms with Gasteiger partial charge >= 0.3 is 0 Å². The van der Waals surface area contributed by atoms with Crippen molar-refractivity contribution in [3.05, 3.63) is 23.3 Å². The second-order valence-electron chi connectivity index (χ2n) is 4.07. The molecule has 16 heavy (non-hydrogen) atoms. The molecule has 0 aromatic heterocycles. The minimum Gasteiger partial charge on any atom is -0.497 e. The van der Waals surface area contributed by atoms with Crippen LogP contribution >= 0.6 is 0 Å². The summed E-state index contributed by atoms with van der Waals surface area (Å²) in [5.41, 5.74) is 2.65. The van der Waals surface area contributed by atoms with Crippen LogP contribution in [0.5, 0.6) is 11.5 Å². The van der Waals surface area contributed by atoms with Gasteiger partial charge in [-0.1, -0.05) is 6.92 Å². The first-order valence-electron chi connectivity index (χ1n) is 5.78. The first-order chi connectivity index (χ1) is 7.80. The lowest BCUT2D eigenvalue weighted by atomic mass is 9.91. The van der Waals surface area contributed by atoms with Gasteiger partial charge in [-0.2, -0.15) is 0 Å². The Morgan fingerprint density at radius 1 is 1.31 bits per heavy atom. The Bertz CT molecular complexity index is 359. The van der Waals surface area contributed by atoms with Crippen LogP contribution < -0.4 is 14.8 Å². The number of hydrogen-bond acceptors (Lipinski definition) is 3. The van der Waals surface area contributed by atoms with Crippen molar-refractivity contribution in [2.75, 3.05) is 20.8 Å². The maximum Gasteiger partial charge on any atom is 0.127 e. The Hall–Kier alpha value is -1.22. The van der Waals surface area contributed by atoms with Crippen molar-refractivity contribution < 1.29 is 9.47 Å². The molecule has 0 bridgehead atoms. The highest BCUT2D eigenvalue weighted by molar-refractivity contribution is 5.49. The molecule has 0 radical (unpaired) electrons. The molecule has 0 fully saturated rings. The molecule has 1 aromatic rings. The molecule has 3 heteroatoms. The highest BCUT2D eigenvalue weighted by Crippen LogP contribution is 2.36. The van der Waals surface area contributed by atoms with Gasteiger partial charge in [-0.05, 0) is 31.0 Å². The number of hydrogen-bond donors (Lipinski definition) is 1. The number of rotatable bonds is 3. The molecule has 0 saturated carbocycles. The van der Waals surface area contributed by atoms with Crippen molar-refractivity contribution in [3.63, 3.8) is 0 Å². The van der Waals surface area contributed by atoms with Crippen LogP contribution in [-0.2, 0) is 6.42 Å². The molecule has 0 amide bonds. The lowest BCUT2D eigenvalue weighted by molar-refractivity contribution is 0.376. The van der Waals surface area contributed by atoms with Gasteiger partial charge in [0.15, 0.2) is 0 Å². The highest BCUT2D eigenvalue weighted by atomic mass is 16.5. The maximum absolute atomic E-state index is 5.47. The summed E-state index contributed by atoms with van der Waals surface area (Å²) in [5, 5.41) is 3.52. The highest BCUT2D eigenvalue weighted by Gasteiger charge is 2.23. The van der Waals surface area contributed by atoms with Crippen LogP contribution in [0.4, 0.5) is 0 Å². The van der Waals surface area contributed by atoms with Crippen molar-refractivity contribution >= 4 is 0 Å². The van der Waals surface area contributed by atoms with Crippen molar-refractivity contribution in [1.82, 2.24) is 5.32 Å². The fourth-order valence-electron chi connectivity index (χ4n) is 2.38. The van der Waals surface area contributed by atoms with Gasteiger partial charge in [-0.15, -0.1) is 0 Å². The van der Waals surface area contributed by atoms with Crippen molar-refractivity contribution in [3.8, 4) is 11.5 Å². The molecule has 0 saturated heterocycles.